The zero-order valence-corrected chi connectivity index (χ0v) is 26.9. The van der Waals surface area contributed by atoms with Crippen LogP contribution in [0.4, 0.5) is 5.69 Å². The van der Waals surface area contributed by atoms with Gasteiger partial charge in [-0.25, -0.2) is 8.42 Å². The lowest BCUT2D eigenvalue weighted by molar-refractivity contribution is -0.140. The second-order valence-electron chi connectivity index (χ2n) is 10.1. The Morgan fingerprint density at radius 3 is 2.09 bits per heavy atom. The van der Waals surface area contributed by atoms with E-state index >= 15 is 0 Å². The molecule has 4 aromatic rings. The first-order chi connectivity index (χ1) is 21.7. The van der Waals surface area contributed by atoms with Gasteiger partial charge in [0.1, 0.15) is 12.6 Å². The van der Waals surface area contributed by atoms with Crippen molar-refractivity contribution in [2.24, 2.45) is 0 Å². The number of sulfonamides is 1. The Kier molecular flexibility index (Phi) is 11.5. The van der Waals surface area contributed by atoms with Crippen LogP contribution in [-0.4, -0.2) is 58.5 Å². The maximum atomic E-state index is 14.5. The molecule has 11 heteroatoms. The summed E-state index contributed by atoms with van der Waals surface area (Å²) in [7, 11) is -1.35. The third kappa shape index (κ3) is 8.14. The third-order valence-corrected chi connectivity index (χ3v) is 9.34. The van der Waals surface area contributed by atoms with Gasteiger partial charge in [-0.05, 0) is 48.4 Å². The summed E-state index contributed by atoms with van der Waals surface area (Å²) < 4.78 is 40.1. The maximum Gasteiger partial charge on any atom is 0.264 e. The molecule has 0 heterocycles. The zero-order chi connectivity index (χ0) is 32.4. The van der Waals surface area contributed by atoms with Crippen LogP contribution in [0, 0.1) is 0 Å². The fourth-order valence-electron chi connectivity index (χ4n) is 4.88. The number of carbonyl (C=O) groups excluding carboxylic acids is 2. The number of hydrogen-bond acceptors (Lipinski definition) is 6. The predicted molar refractivity (Wildman–Crippen MR) is 175 cm³/mol. The number of halogens is 1. The smallest absolute Gasteiger partial charge is 0.264 e. The Balaban J connectivity index is 1.83. The molecule has 0 aliphatic rings. The van der Waals surface area contributed by atoms with E-state index < -0.39 is 28.5 Å². The summed E-state index contributed by atoms with van der Waals surface area (Å²) in [5.41, 5.74) is 1.62. The molecule has 0 radical (unpaired) electrons. The highest BCUT2D eigenvalue weighted by Crippen LogP contribution is 2.34. The van der Waals surface area contributed by atoms with Crippen molar-refractivity contribution in [3.63, 3.8) is 0 Å². The number of carbonyl (C=O) groups is 2. The second-order valence-corrected chi connectivity index (χ2v) is 12.3. The number of rotatable bonds is 14. The van der Waals surface area contributed by atoms with E-state index in [0.29, 0.717) is 22.9 Å². The molecule has 9 nitrogen and oxygen atoms in total. The summed E-state index contributed by atoms with van der Waals surface area (Å²) in [5.74, 6) is -0.293. The van der Waals surface area contributed by atoms with E-state index in [1.165, 1.54) is 37.3 Å². The van der Waals surface area contributed by atoms with Gasteiger partial charge in [0, 0.05) is 30.6 Å². The molecule has 0 aliphatic carbocycles. The van der Waals surface area contributed by atoms with Crippen LogP contribution < -0.4 is 19.1 Å². The molecule has 1 atom stereocenters. The van der Waals surface area contributed by atoms with Gasteiger partial charge in [0.25, 0.3) is 10.0 Å². The fourth-order valence-corrected chi connectivity index (χ4v) is 6.51. The van der Waals surface area contributed by atoms with E-state index in [2.05, 4.69) is 5.32 Å². The summed E-state index contributed by atoms with van der Waals surface area (Å²) in [5, 5.41) is 3.26. The molecular weight excluding hydrogens is 614 g/mol. The summed E-state index contributed by atoms with van der Waals surface area (Å²) >= 11 is 6.52. The van der Waals surface area contributed by atoms with E-state index in [1.54, 1.807) is 61.5 Å². The number of ether oxygens (including phenoxy) is 2. The normalized spacial score (nSPS) is 11.7. The molecule has 1 N–H and O–H groups in total. The molecule has 0 saturated carbocycles. The maximum absolute atomic E-state index is 14.5. The first kappa shape index (κ1) is 33.4. The SMILES string of the molecule is CCNC(=O)[C@H](Cc1ccccc1)N(Cc1ccccc1Cl)C(=O)CN(c1ccc(OC)c(OC)c1)S(=O)(=O)c1ccccc1. The van der Waals surface area contributed by atoms with Gasteiger partial charge in [0.2, 0.25) is 11.8 Å². The number of nitrogens with one attached hydrogen (secondary N) is 1. The largest absolute Gasteiger partial charge is 0.493 e. The van der Waals surface area contributed by atoms with Gasteiger partial charge >= 0.3 is 0 Å². The van der Waals surface area contributed by atoms with Gasteiger partial charge in [-0.15, -0.1) is 0 Å². The van der Waals surface area contributed by atoms with Gasteiger partial charge in [0.05, 0.1) is 24.8 Å². The minimum Gasteiger partial charge on any atom is -0.493 e. The molecule has 4 rings (SSSR count). The van der Waals surface area contributed by atoms with Gasteiger partial charge in [-0.3, -0.25) is 13.9 Å². The van der Waals surface area contributed by atoms with Crippen LogP contribution in [0.25, 0.3) is 0 Å². The molecule has 0 fully saturated rings. The molecule has 0 aliphatic heterocycles. The van der Waals surface area contributed by atoms with Crippen LogP contribution in [0.1, 0.15) is 18.1 Å². The van der Waals surface area contributed by atoms with E-state index in [4.69, 9.17) is 21.1 Å². The quantitative estimate of drug-likeness (QED) is 0.198. The highest BCUT2D eigenvalue weighted by atomic mass is 35.5. The van der Waals surface area contributed by atoms with Crippen molar-refractivity contribution >= 4 is 39.1 Å². The van der Waals surface area contributed by atoms with Crippen LogP contribution in [0.5, 0.6) is 11.5 Å². The lowest BCUT2D eigenvalue weighted by Gasteiger charge is -2.34. The topological polar surface area (TPSA) is 105 Å². The van der Waals surface area contributed by atoms with Crippen molar-refractivity contribution < 1.29 is 27.5 Å². The number of benzene rings is 4. The Morgan fingerprint density at radius 2 is 1.47 bits per heavy atom. The van der Waals surface area contributed by atoms with E-state index in [-0.39, 0.29) is 35.2 Å². The molecule has 0 unspecified atom stereocenters. The molecule has 0 saturated heterocycles. The van der Waals surface area contributed by atoms with Gasteiger partial charge in [-0.1, -0.05) is 78.3 Å². The molecule has 45 heavy (non-hydrogen) atoms. The summed E-state index contributed by atoms with van der Waals surface area (Å²) in [6, 6.07) is 27.8. The standard InChI is InChI=1S/C34H36ClN3O6S/c1-4-36-34(40)30(21-25-13-7-5-8-14-25)37(23-26-15-11-12-18-29(26)35)33(39)24-38(45(41,42)28-16-9-6-10-17-28)27-19-20-31(43-2)32(22-27)44-3/h5-20,22,30H,4,21,23-24H2,1-3H3,(H,36,40)/t30-/m0/s1. The Hall–Kier alpha value is -4.54. The van der Waals surface area contributed by atoms with Crippen LogP contribution in [-0.2, 0) is 32.6 Å². The van der Waals surface area contributed by atoms with Crippen molar-refractivity contribution in [3.05, 3.63) is 119 Å². The van der Waals surface area contributed by atoms with Gasteiger partial charge in [-0.2, -0.15) is 0 Å². The molecular formula is C34H36ClN3O6S. The molecule has 4 aromatic carbocycles. The zero-order valence-electron chi connectivity index (χ0n) is 25.4. The van der Waals surface area contributed by atoms with Crippen molar-refractivity contribution in [1.29, 1.82) is 0 Å². The van der Waals surface area contributed by atoms with Gasteiger partial charge in [0.15, 0.2) is 11.5 Å². The van der Waals surface area contributed by atoms with Crippen LogP contribution >= 0.6 is 11.6 Å². The lowest BCUT2D eigenvalue weighted by Crippen LogP contribution is -2.53. The molecule has 2 amide bonds. The second kappa shape index (κ2) is 15.5. The number of hydrogen-bond donors (Lipinski definition) is 1. The first-order valence-electron chi connectivity index (χ1n) is 14.3. The first-order valence-corrected chi connectivity index (χ1v) is 16.2. The molecule has 0 spiro atoms. The molecule has 0 aromatic heterocycles. The lowest BCUT2D eigenvalue weighted by atomic mass is 10.0. The summed E-state index contributed by atoms with van der Waals surface area (Å²) in [6.45, 7) is 1.50. The third-order valence-electron chi connectivity index (χ3n) is 7.19. The number of anilines is 1. The highest BCUT2D eigenvalue weighted by molar-refractivity contribution is 7.92. The average Bonchev–Trinajstić information content (AvgIpc) is 3.06. The minimum absolute atomic E-state index is 0.00481. The molecule has 0 bridgehead atoms. The van der Waals surface area contributed by atoms with Crippen molar-refractivity contribution in [3.8, 4) is 11.5 Å². The molecule has 236 valence electrons. The number of likely N-dealkylation sites (N-methyl/N-ethyl adjacent to an activating group) is 1. The van der Waals surface area contributed by atoms with Crippen molar-refractivity contribution in [2.45, 2.75) is 30.8 Å². The van der Waals surface area contributed by atoms with Crippen molar-refractivity contribution in [2.75, 3.05) is 31.6 Å². The summed E-state index contributed by atoms with van der Waals surface area (Å²) in [4.78, 5) is 29.5. The Bertz CT molecular complexity index is 1700. The minimum atomic E-state index is -4.26. The van der Waals surface area contributed by atoms with E-state index in [9.17, 15) is 18.0 Å². The number of nitrogens with zero attached hydrogens (tertiary/aromatic N) is 2. The van der Waals surface area contributed by atoms with E-state index in [1.807, 2.05) is 30.3 Å². The van der Waals surface area contributed by atoms with Crippen LogP contribution in [0.2, 0.25) is 5.02 Å². The van der Waals surface area contributed by atoms with Crippen LogP contribution in [0.3, 0.4) is 0 Å². The number of methoxy groups -OCH3 is 2. The van der Waals surface area contributed by atoms with Gasteiger partial charge < -0.3 is 19.7 Å². The van der Waals surface area contributed by atoms with E-state index in [0.717, 1.165) is 9.87 Å². The number of amides is 2. The Labute approximate surface area is 269 Å². The highest BCUT2D eigenvalue weighted by Gasteiger charge is 2.35. The summed E-state index contributed by atoms with van der Waals surface area (Å²) in [6.07, 6.45) is 0.199. The van der Waals surface area contributed by atoms with Crippen molar-refractivity contribution in [1.82, 2.24) is 10.2 Å². The Morgan fingerprint density at radius 1 is 0.844 bits per heavy atom. The van der Waals surface area contributed by atoms with Crippen LogP contribution in [0.15, 0.2) is 108 Å². The monoisotopic (exact) mass is 649 g/mol. The fraction of sp³-hybridized carbons (Fsp3) is 0.235. The predicted octanol–water partition coefficient (Wildman–Crippen LogP) is 5.33. The average molecular weight is 650 g/mol.